The van der Waals surface area contributed by atoms with Crippen LogP contribution in [0.3, 0.4) is 0 Å². The Kier molecular flexibility index (Phi) is 2.87. The molecule has 0 unspecified atom stereocenters. The van der Waals surface area contributed by atoms with E-state index in [2.05, 4.69) is 0 Å². The lowest BCUT2D eigenvalue weighted by Gasteiger charge is -2.26. The van der Waals surface area contributed by atoms with Crippen LogP contribution in [-0.4, -0.2) is 23.9 Å². The van der Waals surface area contributed by atoms with Crippen molar-refractivity contribution in [2.75, 3.05) is 13.1 Å². The van der Waals surface area contributed by atoms with E-state index in [4.69, 9.17) is 0 Å². The van der Waals surface area contributed by atoms with E-state index in [0.29, 0.717) is 0 Å². The number of thiophene rings is 1. The first-order chi connectivity index (χ1) is 6.79. The molecule has 0 spiro atoms. The van der Waals surface area contributed by atoms with Crippen LogP contribution in [-0.2, 0) is 0 Å². The summed E-state index contributed by atoms with van der Waals surface area (Å²) in [5.74, 6) is 0.225. The van der Waals surface area contributed by atoms with Gasteiger partial charge < -0.3 is 4.90 Å². The topological polar surface area (TPSA) is 20.3 Å². The van der Waals surface area contributed by atoms with E-state index in [1.54, 1.807) is 11.3 Å². The summed E-state index contributed by atoms with van der Waals surface area (Å²) in [7, 11) is 0. The fourth-order valence-electron chi connectivity index (χ4n) is 1.85. The smallest absolute Gasteiger partial charge is 0.254 e. The second-order valence-corrected chi connectivity index (χ2v) is 4.56. The molecule has 2 heterocycles. The van der Waals surface area contributed by atoms with Gasteiger partial charge in [-0.2, -0.15) is 11.3 Å². The zero-order chi connectivity index (χ0) is 9.97. The van der Waals surface area contributed by atoms with Gasteiger partial charge in [-0.15, -0.1) is 0 Å². The van der Waals surface area contributed by atoms with E-state index >= 15 is 0 Å². The summed E-state index contributed by atoms with van der Waals surface area (Å²) in [5.41, 5.74) is 2.02. The van der Waals surface area contributed by atoms with Crippen molar-refractivity contribution in [3.63, 3.8) is 0 Å². The van der Waals surface area contributed by atoms with Crippen molar-refractivity contribution < 1.29 is 4.79 Å². The van der Waals surface area contributed by atoms with Gasteiger partial charge in [-0.3, -0.25) is 4.79 Å². The van der Waals surface area contributed by atoms with E-state index in [-0.39, 0.29) is 5.91 Å². The monoisotopic (exact) mass is 209 g/mol. The van der Waals surface area contributed by atoms with Gasteiger partial charge in [-0.1, -0.05) is 0 Å². The van der Waals surface area contributed by atoms with Crippen LogP contribution in [0.15, 0.2) is 10.8 Å². The number of hydrogen-bond donors (Lipinski definition) is 0. The highest BCUT2D eigenvalue weighted by Gasteiger charge is 2.19. The molecule has 1 fully saturated rings. The molecule has 0 saturated carbocycles. The summed E-state index contributed by atoms with van der Waals surface area (Å²) < 4.78 is 0. The molecule has 2 rings (SSSR count). The minimum atomic E-state index is 0.225. The van der Waals surface area contributed by atoms with Crippen LogP contribution in [0.25, 0.3) is 0 Å². The summed E-state index contributed by atoms with van der Waals surface area (Å²) >= 11 is 1.61. The molecule has 1 aromatic rings. The molecule has 1 saturated heterocycles. The highest BCUT2D eigenvalue weighted by Crippen LogP contribution is 2.18. The molecule has 0 bridgehead atoms. The Morgan fingerprint density at radius 1 is 1.29 bits per heavy atom. The molecular formula is C11H15NOS. The van der Waals surface area contributed by atoms with E-state index in [9.17, 15) is 4.79 Å². The van der Waals surface area contributed by atoms with Crippen LogP contribution in [0.1, 0.15) is 35.2 Å². The molecular weight excluding hydrogens is 194 g/mol. The number of piperidine rings is 1. The Hall–Kier alpha value is -0.830. The zero-order valence-corrected chi connectivity index (χ0v) is 9.27. The molecule has 1 aliphatic heterocycles. The van der Waals surface area contributed by atoms with Gasteiger partial charge in [-0.25, -0.2) is 0 Å². The third-order valence-electron chi connectivity index (χ3n) is 2.73. The van der Waals surface area contributed by atoms with Crippen LogP contribution in [0.4, 0.5) is 0 Å². The maximum Gasteiger partial charge on any atom is 0.254 e. The fraction of sp³-hybridized carbons (Fsp3) is 0.545. The number of hydrogen-bond acceptors (Lipinski definition) is 2. The van der Waals surface area contributed by atoms with Crippen LogP contribution in [0.2, 0.25) is 0 Å². The van der Waals surface area contributed by atoms with Gasteiger partial charge in [-0.05, 0) is 37.1 Å². The first-order valence-corrected chi connectivity index (χ1v) is 6.05. The standard InChI is InChI=1S/C11H15NOS/c1-9-7-14-8-10(9)11(13)12-5-3-2-4-6-12/h7-8H,2-6H2,1H3. The second kappa shape index (κ2) is 4.13. The Balaban J connectivity index is 2.11. The van der Waals surface area contributed by atoms with Crippen molar-refractivity contribution in [2.45, 2.75) is 26.2 Å². The average Bonchev–Trinajstić information content (AvgIpc) is 2.65. The van der Waals surface area contributed by atoms with Crippen molar-refractivity contribution in [1.29, 1.82) is 0 Å². The minimum absolute atomic E-state index is 0.225. The zero-order valence-electron chi connectivity index (χ0n) is 8.45. The molecule has 0 aliphatic carbocycles. The van der Waals surface area contributed by atoms with Gasteiger partial charge in [0.15, 0.2) is 0 Å². The summed E-state index contributed by atoms with van der Waals surface area (Å²) in [6.45, 7) is 3.88. The van der Waals surface area contributed by atoms with E-state index in [1.807, 2.05) is 22.6 Å². The van der Waals surface area contributed by atoms with Crippen molar-refractivity contribution in [2.24, 2.45) is 0 Å². The van der Waals surface area contributed by atoms with E-state index in [1.165, 1.54) is 6.42 Å². The lowest BCUT2D eigenvalue weighted by molar-refractivity contribution is 0.0724. The van der Waals surface area contributed by atoms with Crippen LogP contribution in [0.5, 0.6) is 0 Å². The predicted octanol–water partition coefficient (Wildman–Crippen LogP) is 2.68. The first kappa shape index (κ1) is 9.71. The SMILES string of the molecule is Cc1cscc1C(=O)N1CCCCC1. The largest absolute Gasteiger partial charge is 0.339 e. The first-order valence-electron chi connectivity index (χ1n) is 5.11. The van der Waals surface area contributed by atoms with Crippen molar-refractivity contribution in [1.82, 2.24) is 4.90 Å². The van der Waals surface area contributed by atoms with Crippen molar-refractivity contribution in [3.05, 3.63) is 21.9 Å². The molecule has 0 atom stereocenters. The molecule has 2 nitrogen and oxygen atoms in total. The summed E-state index contributed by atoms with van der Waals surface area (Å²) in [4.78, 5) is 14.0. The molecule has 0 radical (unpaired) electrons. The lowest BCUT2D eigenvalue weighted by atomic mass is 10.1. The molecule has 3 heteroatoms. The quantitative estimate of drug-likeness (QED) is 0.696. The van der Waals surface area contributed by atoms with E-state index < -0.39 is 0 Å². The molecule has 1 amide bonds. The highest BCUT2D eigenvalue weighted by molar-refractivity contribution is 7.08. The second-order valence-electron chi connectivity index (χ2n) is 3.82. The summed E-state index contributed by atoms with van der Waals surface area (Å²) in [6.07, 6.45) is 3.59. The lowest BCUT2D eigenvalue weighted by Crippen LogP contribution is -2.35. The molecule has 14 heavy (non-hydrogen) atoms. The maximum atomic E-state index is 12.0. The number of nitrogens with zero attached hydrogens (tertiary/aromatic N) is 1. The summed E-state index contributed by atoms with van der Waals surface area (Å²) in [6, 6.07) is 0. The Morgan fingerprint density at radius 3 is 2.57 bits per heavy atom. The minimum Gasteiger partial charge on any atom is -0.339 e. The van der Waals surface area contributed by atoms with Gasteiger partial charge in [0.1, 0.15) is 0 Å². The van der Waals surface area contributed by atoms with Crippen LogP contribution < -0.4 is 0 Å². The van der Waals surface area contributed by atoms with Gasteiger partial charge in [0.05, 0.1) is 5.56 Å². The Bertz CT molecular complexity index is 326. The van der Waals surface area contributed by atoms with Crippen LogP contribution >= 0.6 is 11.3 Å². The molecule has 0 aromatic carbocycles. The molecule has 1 aliphatic rings. The van der Waals surface area contributed by atoms with Gasteiger partial charge in [0, 0.05) is 18.5 Å². The third-order valence-corrected chi connectivity index (χ3v) is 3.59. The molecule has 1 aromatic heterocycles. The van der Waals surface area contributed by atoms with Crippen molar-refractivity contribution >= 4 is 17.2 Å². The highest BCUT2D eigenvalue weighted by atomic mass is 32.1. The molecule has 76 valence electrons. The number of carbonyl (C=O) groups excluding carboxylic acids is 1. The fourth-order valence-corrected chi connectivity index (χ4v) is 2.67. The number of carbonyl (C=O) groups is 1. The molecule has 0 N–H and O–H groups in total. The predicted molar refractivity (Wildman–Crippen MR) is 58.8 cm³/mol. The maximum absolute atomic E-state index is 12.0. The average molecular weight is 209 g/mol. The van der Waals surface area contributed by atoms with Gasteiger partial charge in [0.2, 0.25) is 0 Å². The third kappa shape index (κ3) is 1.82. The van der Waals surface area contributed by atoms with E-state index in [0.717, 1.165) is 37.1 Å². The number of likely N-dealkylation sites (tertiary alicyclic amines) is 1. The van der Waals surface area contributed by atoms with Crippen LogP contribution in [0, 0.1) is 6.92 Å². The number of rotatable bonds is 1. The Labute approximate surface area is 88.5 Å². The van der Waals surface area contributed by atoms with Crippen molar-refractivity contribution in [3.8, 4) is 0 Å². The Morgan fingerprint density at radius 2 is 2.00 bits per heavy atom. The number of amides is 1. The normalized spacial score (nSPS) is 17.1. The number of aryl methyl sites for hydroxylation is 1. The van der Waals surface area contributed by atoms with Gasteiger partial charge >= 0.3 is 0 Å². The van der Waals surface area contributed by atoms with Gasteiger partial charge in [0.25, 0.3) is 5.91 Å². The summed E-state index contributed by atoms with van der Waals surface area (Å²) in [5, 5.41) is 4.00.